The summed E-state index contributed by atoms with van der Waals surface area (Å²) in [5, 5.41) is 3.37. The van der Waals surface area contributed by atoms with Gasteiger partial charge in [-0.05, 0) is 38.4 Å². The topological polar surface area (TPSA) is 35.6 Å². The van der Waals surface area contributed by atoms with E-state index in [1.807, 2.05) is 0 Å². The normalized spacial score (nSPS) is 18.3. The molecule has 4 heteroatoms. The average Bonchev–Trinajstić information content (AvgIpc) is 2.76. The summed E-state index contributed by atoms with van der Waals surface area (Å²) in [6.45, 7) is 7.80. The van der Waals surface area contributed by atoms with Crippen molar-refractivity contribution in [3.63, 3.8) is 0 Å². The minimum Gasteiger partial charge on any atom is -0.349 e. The maximum atomic E-state index is 11.3. The van der Waals surface area contributed by atoms with Crippen LogP contribution >= 0.6 is 0 Å². The first-order chi connectivity index (χ1) is 8.09. The van der Waals surface area contributed by atoms with E-state index in [9.17, 15) is 4.79 Å². The van der Waals surface area contributed by atoms with E-state index in [0.717, 1.165) is 13.1 Å². The van der Waals surface area contributed by atoms with Gasteiger partial charge in [-0.3, -0.25) is 4.79 Å². The van der Waals surface area contributed by atoms with Gasteiger partial charge in [0.1, 0.15) is 0 Å². The molecule has 0 radical (unpaired) electrons. The molecule has 1 rings (SSSR count). The smallest absolute Gasteiger partial charge is 0.223 e. The molecule has 0 aliphatic carbocycles. The van der Waals surface area contributed by atoms with Gasteiger partial charge < -0.3 is 15.1 Å². The number of carbonyl (C=O) groups excluding carboxylic acids is 1. The molecule has 0 bridgehead atoms. The fourth-order valence-electron chi connectivity index (χ4n) is 2.24. The minimum absolute atomic E-state index is 0.199. The molecule has 4 nitrogen and oxygen atoms in total. The summed E-state index contributed by atoms with van der Waals surface area (Å²) in [4.78, 5) is 15.5. The van der Waals surface area contributed by atoms with Gasteiger partial charge in [-0.1, -0.05) is 6.92 Å². The van der Waals surface area contributed by atoms with E-state index in [1.54, 1.807) is 19.0 Å². The zero-order valence-corrected chi connectivity index (χ0v) is 11.5. The highest BCUT2D eigenvalue weighted by Gasteiger charge is 2.14. The van der Waals surface area contributed by atoms with Gasteiger partial charge in [-0.2, -0.15) is 0 Å². The summed E-state index contributed by atoms with van der Waals surface area (Å²) in [7, 11) is 3.61. The quantitative estimate of drug-likeness (QED) is 0.669. The molecule has 0 aromatic rings. The maximum absolute atomic E-state index is 11.3. The van der Waals surface area contributed by atoms with Crippen molar-refractivity contribution in [1.29, 1.82) is 0 Å². The third kappa shape index (κ3) is 6.03. The number of nitrogens with one attached hydrogen (secondary N) is 1. The molecule has 1 fully saturated rings. The van der Waals surface area contributed by atoms with Crippen LogP contribution in [0.4, 0.5) is 0 Å². The molecule has 1 atom stereocenters. The van der Waals surface area contributed by atoms with Gasteiger partial charge in [-0.25, -0.2) is 0 Å². The number of nitrogens with zero attached hydrogens (tertiary/aromatic N) is 2. The van der Waals surface area contributed by atoms with Crippen LogP contribution in [0.15, 0.2) is 0 Å². The Morgan fingerprint density at radius 1 is 1.35 bits per heavy atom. The second-order valence-electron chi connectivity index (χ2n) is 5.36. The van der Waals surface area contributed by atoms with Crippen molar-refractivity contribution in [3.8, 4) is 0 Å². The fraction of sp³-hybridized carbons (Fsp3) is 0.923. The Kier molecular flexibility index (Phi) is 6.52. The van der Waals surface area contributed by atoms with Gasteiger partial charge in [0.25, 0.3) is 0 Å². The first-order valence-electron chi connectivity index (χ1n) is 6.73. The van der Waals surface area contributed by atoms with Crippen LogP contribution < -0.4 is 5.32 Å². The summed E-state index contributed by atoms with van der Waals surface area (Å²) >= 11 is 0. The predicted octanol–water partition coefficient (Wildman–Crippen LogP) is 0.786. The van der Waals surface area contributed by atoms with Crippen molar-refractivity contribution in [1.82, 2.24) is 15.1 Å². The molecule has 17 heavy (non-hydrogen) atoms. The monoisotopic (exact) mass is 241 g/mol. The number of hydrogen-bond acceptors (Lipinski definition) is 3. The van der Waals surface area contributed by atoms with E-state index in [4.69, 9.17) is 0 Å². The lowest BCUT2D eigenvalue weighted by Crippen LogP contribution is -2.33. The molecule has 1 heterocycles. The zero-order chi connectivity index (χ0) is 12.7. The average molecular weight is 241 g/mol. The summed E-state index contributed by atoms with van der Waals surface area (Å²) in [5.74, 6) is 0.868. The third-order valence-electron chi connectivity index (χ3n) is 3.28. The van der Waals surface area contributed by atoms with E-state index in [1.165, 1.54) is 32.5 Å². The lowest BCUT2D eigenvalue weighted by molar-refractivity contribution is -0.128. The predicted molar refractivity (Wildman–Crippen MR) is 71.0 cm³/mol. The maximum Gasteiger partial charge on any atom is 0.223 e. The van der Waals surface area contributed by atoms with E-state index in [-0.39, 0.29) is 5.91 Å². The molecule has 1 aliphatic heterocycles. The Hall–Kier alpha value is -0.610. The Labute approximate surface area is 105 Å². The molecule has 1 N–H and O–H groups in total. The largest absolute Gasteiger partial charge is 0.349 e. The van der Waals surface area contributed by atoms with Gasteiger partial charge in [0.2, 0.25) is 5.91 Å². The summed E-state index contributed by atoms with van der Waals surface area (Å²) < 4.78 is 0. The second kappa shape index (κ2) is 7.67. The van der Waals surface area contributed by atoms with Crippen LogP contribution in [-0.2, 0) is 4.79 Å². The number of rotatable bonds is 7. The zero-order valence-electron chi connectivity index (χ0n) is 11.5. The van der Waals surface area contributed by atoms with E-state index in [2.05, 4.69) is 17.1 Å². The van der Waals surface area contributed by atoms with Gasteiger partial charge in [0, 0.05) is 33.6 Å². The number of carbonyl (C=O) groups is 1. The third-order valence-corrected chi connectivity index (χ3v) is 3.28. The van der Waals surface area contributed by atoms with Crippen LogP contribution in [0, 0.1) is 5.92 Å². The molecular formula is C13H27N3O. The second-order valence-corrected chi connectivity index (χ2v) is 5.36. The van der Waals surface area contributed by atoms with Crippen molar-refractivity contribution in [3.05, 3.63) is 0 Å². The molecule has 0 saturated carbocycles. The van der Waals surface area contributed by atoms with Gasteiger partial charge in [0.15, 0.2) is 0 Å². The van der Waals surface area contributed by atoms with Crippen LogP contribution in [0.5, 0.6) is 0 Å². The molecule has 1 aliphatic rings. The Morgan fingerprint density at radius 2 is 2.00 bits per heavy atom. The van der Waals surface area contributed by atoms with Crippen molar-refractivity contribution >= 4 is 5.91 Å². The van der Waals surface area contributed by atoms with Gasteiger partial charge in [0.05, 0.1) is 0 Å². The minimum atomic E-state index is 0.199. The molecule has 0 aromatic heterocycles. The first kappa shape index (κ1) is 14.5. The Bertz CT molecular complexity index is 225. The van der Waals surface area contributed by atoms with Crippen molar-refractivity contribution in [2.45, 2.75) is 26.2 Å². The van der Waals surface area contributed by atoms with Crippen molar-refractivity contribution in [2.75, 3.05) is 46.8 Å². The highest BCUT2D eigenvalue weighted by atomic mass is 16.2. The van der Waals surface area contributed by atoms with E-state index in [0.29, 0.717) is 12.3 Å². The molecule has 0 aromatic carbocycles. The van der Waals surface area contributed by atoms with E-state index < -0.39 is 0 Å². The number of likely N-dealkylation sites (tertiary alicyclic amines) is 1. The van der Waals surface area contributed by atoms with Crippen molar-refractivity contribution in [2.24, 2.45) is 5.92 Å². The summed E-state index contributed by atoms with van der Waals surface area (Å²) in [5.41, 5.74) is 0. The van der Waals surface area contributed by atoms with Crippen molar-refractivity contribution < 1.29 is 4.79 Å². The van der Waals surface area contributed by atoms with Gasteiger partial charge >= 0.3 is 0 Å². The fourth-order valence-corrected chi connectivity index (χ4v) is 2.24. The molecule has 0 spiro atoms. The lowest BCUT2D eigenvalue weighted by Gasteiger charge is -2.20. The number of amides is 1. The molecule has 1 unspecified atom stereocenters. The molecule has 1 saturated heterocycles. The summed E-state index contributed by atoms with van der Waals surface area (Å²) in [6.07, 6.45) is 3.32. The SMILES string of the molecule is CC(CNCCC(=O)N(C)C)CN1CCCC1. The Morgan fingerprint density at radius 3 is 2.59 bits per heavy atom. The lowest BCUT2D eigenvalue weighted by atomic mass is 10.1. The highest BCUT2D eigenvalue weighted by molar-refractivity contribution is 5.75. The van der Waals surface area contributed by atoms with Crippen LogP contribution in [0.1, 0.15) is 26.2 Å². The summed E-state index contributed by atoms with van der Waals surface area (Å²) in [6, 6.07) is 0. The van der Waals surface area contributed by atoms with Crippen LogP contribution in [-0.4, -0.2) is 62.5 Å². The molecule has 1 amide bonds. The molecular weight excluding hydrogens is 214 g/mol. The molecule has 100 valence electrons. The first-order valence-corrected chi connectivity index (χ1v) is 6.73. The standard InChI is InChI=1S/C13H27N3O/c1-12(11-16-8-4-5-9-16)10-14-7-6-13(17)15(2)3/h12,14H,4-11H2,1-3H3. The van der Waals surface area contributed by atoms with Crippen LogP contribution in [0.3, 0.4) is 0 Å². The van der Waals surface area contributed by atoms with Crippen LogP contribution in [0.2, 0.25) is 0 Å². The van der Waals surface area contributed by atoms with E-state index >= 15 is 0 Å². The van der Waals surface area contributed by atoms with Gasteiger partial charge in [-0.15, -0.1) is 0 Å². The van der Waals surface area contributed by atoms with Crippen LogP contribution in [0.25, 0.3) is 0 Å². The number of hydrogen-bond donors (Lipinski definition) is 1. The highest BCUT2D eigenvalue weighted by Crippen LogP contribution is 2.09. The Balaban J connectivity index is 1.99.